The molecule has 27 heavy (non-hydrogen) atoms. The molecule has 1 aromatic heterocycles. The fourth-order valence-corrected chi connectivity index (χ4v) is 3.39. The Bertz CT molecular complexity index is 881. The van der Waals surface area contributed by atoms with Gasteiger partial charge in [-0.05, 0) is 35.7 Å². The van der Waals surface area contributed by atoms with Gasteiger partial charge in [-0.2, -0.15) is 0 Å². The van der Waals surface area contributed by atoms with Gasteiger partial charge in [0.25, 0.3) is 5.91 Å². The van der Waals surface area contributed by atoms with E-state index < -0.39 is 0 Å². The first-order valence-electron chi connectivity index (χ1n) is 9.28. The third-order valence-electron chi connectivity index (χ3n) is 4.86. The quantitative estimate of drug-likeness (QED) is 0.719. The molecule has 0 aliphatic carbocycles. The van der Waals surface area contributed by atoms with Gasteiger partial charge in [0.2, 0.25) is 5.95 Å². The van der Waals surface area contributed by atoms with E-state index in [1.165, 1.54) is 0 Å². The van der Waals surface area contributed by atoms with Gasteiger partial charge < -0.3 is 9.80 Å². The maximum Gasteiger partial charge on any atom is 0.253 e. The number of nitrogens with zero attached hydrogens (tertiary/aromatic N) is 4. The number of hydrogen-bond acceptors (Lipinski definition) is 4. The van der Waals surface area contributed by atoms with Crippen LogP contribution in [0.15, 0.2) is 73.1 Å². The minimum Gasteiger partial charge on any atom is -0.339 e. The number of benzene rings is 2. The summed E-state index contributed by atoms with van der Waals surface area (Å²) in [5, 5.41) is 0. The summed E-state index contributed by atoms with van der Waals surface area (Å²) in [5.41, 5.74) is 3.01. The SMILES string of the molecule is O=C(c1ccc(-c2ccccc2)cc1)N1CCCN(c2ncccn2)CC1. The molecule has 0 unspecified atom stereocenters. The molecule has 0 radical (unpaired) electrons. The van der Waals surface area contributed by atoms with Crippen LogP contribution in [0, 0.1) is 0 Å². The molecule has 2 heterocycles. The molecule has 3 aromatic rings. The highest BCUT2D eigenvalue weighted by atomic mass is 16.2. The summed E-state index contributed by atoms with van der Waals surface area (Å²) in [6, 6.07) is 19.9. The first-order chi connectivity index (χ1) is 13.3. The van der Waals surface area contributed by atoms with Gasteiger partial charge >= 0.3 is 0 Å². The van der Waals surface area contributed by atoms with E-state index in [-0.39, 0.29) is 5.91 Å². The largest absolute Gasteiger partial charge is 0.339 e. The molecule has 1 fully saturated rings. The van der Waals surface area contributed by atoms with Gasteiger partial charge in [0, 0.05) is 44.1 Å². The summed E-state index contributed by atoms with van der Waals surface area (Å²) < 4.78 is 0. The average molecular weight is 358 g/mol. The standard InChI is InChI=1S/C22H22N4O/c27-21(20-10-8-19(9-11-20)18-6-2-1-3-7-18)25-14-5-15-26(17-16-25)22-23-12-4-13-24-22/h1-4,6-13H,5,14-17H2. The van der Waals surface area contributed by atoms with Gasteiger partial charge in [-0.25, -0.2) is 9.97 Å². The number of carbonyl (C=O) groups is 1. The van der Waals surface area contributed by atoms with Crippen molar-refractivity contribution in [3.05, 3.63) is 78.6 Å². The molecule has 0 atom stereocenters. The summed E-state index contributed by atoms with van der Waals surface area (Å²) >= 11 is 0. The van der Waals surface area contributed by atoms with Crippen LogP contribution < -0.4 is 4.90 Å². The van der Waals surface area contributed by atoms with E-state index in [0.717, 1.165) is 48.7 Å². The van der Waals surface area contributed by atoms with Crippen LogP contribution in [-0.2, 0) is 0 Å². The lowest BCUT2D eigenvalue weighted by molar-refractivity contribution is 0.0767. The molecule has 0 spiro atoms. The van der Waals surface area contributed by atoms with E-state index in [9.17, 15) is 4.79 Å². The molecule has 1 aliphatic heterocycles. The molecule has 2 aromatic carbocycles. The number of carbonyl (C=O) groups excluding carboxylic acids is 1. The topological polar surface area (TPSA) is 49.3 Å². The van der Waals surface area contributed by atoms with Gasteiger partial charge in [0.1, 0.15) is 0 Å². The Kier molecular flexibility index (Phi) is 5.10. The van der Waals surface area contributed by atoms with Crippen molar-refractivity contribution in [3.8, 4) is 11.1 Å². The zero-order valence-corrected chi connectivity index (χ0v) is 15.2. The third kappa shape index (κ3) is 3.97. The van der Waals surface area contributed by atoms with Gasteiger partial charge in [-0.1, -0.05) is 42.5 Å². The van der Waals surface area contributed by atoms with Crippen LogP contribution in [0.1, 0.15) is 16.8 Å². The van der Waals surface area contributed by atoms with Crippen molar-refractivity contribution in [2.24, 2.45) is 0 Å². The van der Waals surface area contributed by atoms with E-state index in [2.05, 4.69) is 27.0 Å². The lowest BCUT2D eigenvalue weighted by Gasteiger charge is -2.22. The maximum absolute atomic E-state index is 12.9. The van der Waals surface area contributed by atoms with Crippen LogP contribution in [0.3, 0.4) is 0 Å². The summed E-state index contributed by atoms with van der Waals surface area (Å²) in [6.45, 7) is 3.04. The highest BCUT2D eigenvalue weighted by molar-refractivity contribution is 5.94. The number of rotatable bonds is 3. The van der Waals surface area contributed by atoms with Crippen molar-refractivity contribution in [3.63, 3.8) is 0 Å². The molecule has 4 rings (SSSR count). The van der Waals surface area contributed by atoms with Gasteiger partial charge in [0.15, 0.2) is 0 Å². The highest BCUT2D eigenvalue weighted by Crippen LogP contribution is 2.20. The predicted molar refractivity (Wildman–Crippen MR) is 107 cm³/mol. The minimum absolute atomic E-state index is 0.0884. The molecule has 0 saturated carbocycles. The van der Waals surface area contributed by atoms with Gasteiger partial charge in [-0.3, -0.25) is 4.79 Å². The summed E-state index contributed by atoms with van der Waals surface area (Å²) in [7, 11) is 0. The van der Waals surface area contributed by atoms with Crippen molar-refractivity contribution in [1.29, 1.82) is 0 Å². The predicted octanol–water partition coefficient (Wildman–Crippen LogP) is 3.50. The van der Waals surface area contributed by atoms with Crippen LogP contribution in [0.2, 0.25) is 0 Å². The van der Waals surface area contributed by atoms with E-state index >= 15 is 0 Å². The average Bonchev–Trinajstić information content (AvgIpc) is 3.01. The number of amides is 1. The molecular formula is C22H22N4O. The Morgan fingerprint density at radius 3 is 2.19 bits per heavy atom. The molecule has 1 aliphatic rings. The first-order valence-corrected chi connectivity index (χ1v) is 9.28. The molecule has 1 amide bonds. The van der Waals surface area contributed by atoms with Crippen LogP contribution in [0.25, 0.3) is 11.1 Å². The molecule has 5 nitrogen and oxygen atoms in total. The molecular weight excluding hydrogens is 336 g/mol. The Balaban J connectivity index is 1.43. The van der Waals surface area contributed by atoms with Crippen LogP contribution in [-0.4, -0.2) is 47.0 Å². The fourth-order valence-electron chi connectivity index (χ4n) is 3.39. The van der Waals surface area contributed by atoms with E-state index in [4.69, 9.17) is 0 Å². The number of aromatic nitrogens is 2. The summed E-state index contributed by atoms with van der Waals surface area (Å²) in [4.78, 5) is 25.6. The maximum atomic E-state index is 12.9. The zero-order valence-electron chi connectivity index (χ0n) is 15.2. The summed E-state index contributed by atoms with van der Waals surface area (Å²) in [6.07, 6.45) is 4.42. The number of hydrogen-bond donors (Lipinski definition) is 0. The molecule has 5 heteroatoms. The fraction of sp³-hybridized carbons (Fsp3) is 0.227. The molecule has 0 bridgehead atoms. The normalized spacial score (nSPS) is 14.7. The third-order valence-corrected chi connectivity index (χ3v) is 4.86. The van der Waals surface area contributed by atoms with Crippen molar-refractivity contribution < 1.29 is 4.79 Å². The van der Waals surface area contributed by atoms with Crippen LogP contribution >= 0.6 is 0 Å². The lowest BCUT2D eigenvalue weighted by atomic mass is 10.0. The smallest absolute Gasteiger partial charge is 0.253 e. The number of anilines is 1. The van der Waals surface area contributed by atoms with E-state index in [1.54, 1.807) is 12.4 Å². The second-order valence-corrected chi connectivity index (χ2v) is 6.62. The van der Waals surface area contributed by atoms with Crippen molar-refractivity contribution in [2.45, 2.75) is 6.42 Å². The van der Waals surface area contributed by atoms with Gasteiger partial charge in [0.05, 0.1) is 0 Å². The Morgan fingerprint density at radius 2 is 1.44 bits per heavy atom. The second-order valence-electron chi connectivity index (χ2n) is 6.62. The molecule has 1 saturated heterocycles. The molecule has 136 valence electrons. The minimum atomic E-state index is 0.0884. The van der Waals surface area contributed by atoms with Crippen LogP contribution in [0.4, 0.5) is 5.95 Å². The summed E-state index contributed by atoms with van der Waals surface area (Å²) in [5.74, 6) is 0.824. The first kappa shape index (κ1) is 17.2. The van der Waals surface area contributed by atoms with Crippen molar-refractivity contribution in [1.82, 2.24) is 14.9 Å². The highest BCUT2D eigenvalue weighted by Gasteiger charge is 2.21. The Hall–Kier alpha value is -3.21. The Morgan fingerprint density at radius 1 is 0.741 bits per heavy atom. The van der Waals surface area contributed by atoms with Crippen molar-refractivity contribution in [2.75, 3.05) is 31.1 Å². The Labute approximate surface area is 159 Å². The monoisotopic (exact) mass is 358 g/mol. The lowest BCUT2D eigenvalue weighted by Crippen LogP contribution is -2.35. The van der Waals surface area contributed by atoms with Gasteiger partial charge in [-0.15, -0.1) is 0 Å². The zero-order chi connectivity index (χ0) is 18.5. The van der Waals surface area contributed by atoms with Crippen molar-refractivity contribution >= 4 is 11.9 Å². The molecule has 0 N–H and O–H groups in total. The van der Waals surface area contributed by atoms with E-state index in [1.807, 2.05) is 53.4 Å². The second kappa shape index (κ2) is 7.99. The van der Waals surface area contributed by atoms with Crippen LogP contribution in [0.5, 0.6) is 0 Å². The van der Waals surface area contributed by atoms with E-state index in [0.29, 0.717) is 6.54 Å².